The minimum atomic E-state index is -4.68. The smallest absolute Gasteiger partial charge is 0.494 e. The number of halogens is 3. The molecule has 2 rings (SSSR count). The zero-order valence-electron chi connectivity index (χ0n) is 20.8. The quantitative estimate of drug-likeness (QED) is 0.223. The van der Waals surface area contributed by atoms with Gasteiger partial charge in [0.1, 0.15) is 11.5 Å². The molecule has 0 fully saturated rings. The maximum absolute atomic E-state index is 12.3. The van der Waals surface area contributed by atoms with E-state index in [9.17, 15) is 13.2 Å². The van der Waals surface area contributed by atoms with Crippen LogP contribution in [-0.2, 0) is 4.12 Å². The first-order chi connectivity index (χ1) is 15.0. The zero-order valence-corrected chi connectivity index (χ0v) is 23.8. The molecule has 0 saturated heterocycles. The molecule has 2 aromatic carbocycles. The van der Waals surface area contributed by atoms with E-state index in [0.29, 0.717) is 6.61 Å². The largest absolute Gasteiger partial charge is 0.573 e. The molecule has 0 aliphatic rings. The van der Waals surface area contributed by atoms with Crippen molar-refractivity contribution in [2.24, 2.45) is 0 Å². The lowest BCUT2D eigenvalue weighted by molar-refractivity contribution is -0.274. The highest BCUT2D eigenvalue weighted by Crippen LogP contribution is 2.30. The summed E-state index contributed by atoms with van der Waals surface area (Å²) in [5.74, 6) is 0.560. The SMILES string of the molecule is C[Si](C)(C)C[Si](C)(CCCOc1ccc(-c2ccc(OC(F)(F)F)cc2)cc1)O[Si](C)(C)C. The Morgan fingerprint density at radius 1 is 0.727 bits per heavy atom. The molecule has 0 saturated carbocycles. The Kier molecular flexibility index (Phi) is 9.05. The Hall–Kier alpha value is -1.56. The molecule has 0 radical (unpaired) electrons. The van der Waals surface area contributed by atoms with Crippen LogP contribution in [0.3, 0.4) is 0 Å². The van der Waals surface area contributed by atoms with Gasteiger partial charge in [-0.05, 0) is 79.7 Å². The van der Waals surface area contributed by atoms with E-state index in [2.05, 4.69) is 50.6 Å². The maximum Gasteiger partial charge on any atom is 0.573 e. The van der Waals surface area contributed by atoms with Gasteiger partial charge in [0.05, 0.1) is 6.61 Å². The first-order valence-electron chi connectivity index (χ1n) is 11.3. The van der Waals surface area contributed by atoms with Gasteiger partial charge in [-0.2, -0.15) is 0 Å². The van der Waals surface area contributed by atoms with Crippen LogP contribution in [0.15, 0.2) is 48.5 Å². The molecular weight excluding hydrogens is 478 g/mol. The topological polar surface area (TPSA) is 27.7 Å². The fourth-order valence-electron chi connectivity index (χ4n) is 4.27. The van der Waals surface area contributed by atoms with Crippen LogP contribution in [0.25, 0.3) is 11.1 Å². The summed E-state index contributed by atoms with van der Waals surface area (Å²) in [5.41, 5.74) is 2.98. The molecule has 0 heterocycles. The van der Waals surface area contributed by atoms with Gasteiger partial charge in [0.2, 0.25) is 0 Å². The summed E-state index contributed by atoms with van der Waals surface area (Å²) in [7, 11) is -4.58. The lowest BCUT2D eigenvalue weighted by Gasteiger charge is -2.38. The summed E-state index contributed by atoms with van der Waals surface area (Å²) in [6, 6.07) is 14.6. The molecule has 3 nitrogen and oxygen atoms in total. The Balaban J connectivity index is 1.91. The number of alkyl halides is 3. The predicted molar refractivity (Wildman–Crippen MR) is 138 cm³/mol. The molecule has 0 N–H and O–H groups in total. The fourth-order valence-corrected chi connectivity index (χ4v) is 22.1. The van der Waals surface area contributed by atoms with Crippen LogP contribution in [0.2, 0.25) is 57.5 Å². The number of rotatable bonds is 11. The summed E-state index contributed by atoms with van der Waals surface area (Å²) in [6.07, 6.45) is -3.71. The molecule has 0 aromatic heterocycles. The molecule has 0 amide bonds. The molecule has 1 unspecified atom stereocenters. The Labute approximate surface area is 199 Å². The van der Waals surface area contributed by atoms with Crippen molar-refractivity contribution in [3.05, 3.63) is 48.5 Å². The molecule has 2 aromatic rings. The number of benzene rings is 2. The first kappa shape index (κ1) is 27.7. The van der Waals surface area contributed by atoms with Crippen molar-refractivity contribution in [2.75, 3.05) is 6.61 Å². The van der Waals surface area contributed by atoms with Crippen molar-refractivity contribution in [2.45, 2.75) is 70.3 Å². The summed E-state index contributed by atoms with van der Waals surface area (Å²) < 4.78 is 53.6. The monoisotopic (exact) mass is 514 g/mol. The third kappa shape index (κ3) is 10.9. The van der Waals surface area contributed by atoms with Crippen LogP contribution < -0.4 is 9.47 Å². The van der Waals surface area contributed by atoms with E-state index in [-0.39, 0.29) is 5.75 Å². The second kappa shape index (κ2) is 10.8. The lowest BCUT2D eigenvalue weighted by atomic mass is 10.1. The van der Waals surface area contributed by atoms with Gasteiger partial charge in [0, 0.05) is 8.07 Å². The fraction of sp³-hybridized carbons (Fsp3) is 0.500. The Morgan fingerprint density at radius 3 is 1.64 bits per heavy atom. The summed E-state index contributed by atoms with van der Waals surface area (Å²) in [4.78, 5) is 0. The minimum absolute atomic E-state index is 0.228. The van der Waals surface area contributed by atoms with E-state index < -0.39 is 31.1 Å². The third-order valence-corrected chi connectivity index (χ3v) is 17.9. The van der Waals surface area contributed by atoms with Gasteiger partial charge >= 0.3 is 6.36 Å². The lowest BCUT2D eigenvalue weighted by Crippen LogP contribution is -2.49. The normalized spacial score (nSPS) is 14.6. The van der Waals surface area contributed by atoms with Crippen molar-refractivity contribution in [3.63, 3.8) is 0 Å². The summed E-state index contributed by atoms with van der Waals surface area (Å²) in [6.45, 7) is 17.1. The first-order valence-corrected chi connectivity index (χ1v) is 21.3. The molecule has 0 bridgehead atoms. The van der Waals surface area contributed by atoms with E-state index in [1.54, 1.807) is 12.1 Å². The van der Waals surface area contributed by atoms with Crippen molar-refractivity contribution in [3.8, 4) is 22.6 Å². The standard InChI is InChI=1S/C24H37F3O3Si3/c1-31(2,3)19-33(7,30-32(4,5)6)18-8-17-28-22-13-9-20(10-14-22)21-11-15-23(16-12-21)29-24(25,26)27/h9-16H,8,17-19H2,1-7H3. The van der Waals surface area contributed by atoms with Crippen LogP contribution in [0, 0.1) is 0 Å². The number of hydrogen-bond acceptors (Lipinski definition) is 3. The van der Waals surface area contributed by atoms with Gasteiger partial charge in [-0.3, -0.25) is 0 Å². The number of hydrogen-bond donors (Lipinski definition) is 0. The molecule has 1 atom stereocenters. The summed E-state index contributed by atoms with van der Waals surface area (Å²) in [5, 5.41) is 0. The van der Waals surface area contributed by atoms with Crippen molar-refractivity contribution >= 4 is 24.7 Å². The highest BCUT2D eigenvalue weighted by Gasteiger charge is 2.38. The minimum Gasteiger partial charge on any atom is -0.494 e. The van der Waals surface area contributed by atoms with Crippen LogP contribution in [0.1, 0.15) is 6.42 Å². The van der Waals surface area contributed by atoms with E-state index in [4.69, 9.17) is 8.85 Å². The zero-order chi connectivity index (χ0) is 24.9. The maximum atomic E-state index is 12.3. The molecule has 0 aliphatic carbocycles. The Bertz CT molecular complexity index is 856. The number of ether oxygens (including phenoxy) is 2. The van der Waals surface area contributed by atoms with E-state index in [0.717, 1.165) is 29.3 Å². The van der Waals surface area contributed by atoms with Gasteiger partial charge in [-0.1, -0.05) is 43.9 Å². The van der Waals surface area contributed by atoms with Gasteiger partial charge in [0.15, 0.2) is 16.6 Å². The highest BCUT2D eigenvalue weighted by atomic mass is 28.4. The van der Waals surface area contributed by atoms with Gasteiger partial charge in [-0.15, -0.1) is 13.2 Å². The van der Waals surface area contributed by atoms with Crippen molar-refractivity contribution < 1.29 is 26.8 Å². The molecular formula is C24H37F3O3Si3. The van der Waals surface area contributed by atoms with Crippen LogP contribution in [0.5, 0.6) is 11.5 Å². The molecule has 0 aliphatic heterocycles. The second-order valence-corrected chi connectivity index (χ2v) is 25.9. The average Bonchev–Trinajstić information content (AvgIpc) is 2.62. The Morgan fingerprint density at radius 2 is 1.21 bits per heavy atom. The molecule has 0 spiro atoms. The molecule has 9 heteroatoms. The third-order valence-electron chi connectivity index (χ3n) is 4.85. The average molecular weight is 515 g/mol. The second-order valence-electron chi connectivity index (χ2n) is 11.0. The van der Waals surface area contributed by atoms with Crippen LogP contribution >= 0.6 is 0 Å². The van der Waals surface area contributed by atoms with Crippen LogP contribution in [-0.4, -0.2) is 37.7 Å². The molecule has 33 heavy (non-hydrogen) atoms. The van der Waals surface area contributed by atoms with Gasteiger partial charge in [0.25, 0.3) is 0 Å². The van der Waals surface area contributed by atoms with E-state index in [1.165, 1.54) is 17.8 Å². The predicted octanol–water partition coefficient (Wildman–Crippen LogP) is 8.33. The summed E-state index contributed by atoms with van der Waals surface area (Å²) >= 11 is 0. The van der Waals surface area contributed by atoms with Crippen molar-refractivity contribution in [1.29, 1.82) is 0 Å². The van der Waals surface area contributed by atoms with Gasteiger partial charge in [-0.25, -0.2) is 0 Å². The van der Waals surface area contributed by atoms with E-state index >= 15 is 0 Å². The van der Waals surface area contributed by atoms with E-state index in [1.807, 2.05) is 24.3 Å². The highest BCUT2D eigenvalue weighted by molar-refractivity contribution is 6.96. The van der Waals surface area contributed by atoms with Gasteiger partial charge < -0.3 is 13.6 Å². The molecule has 184 valence electrons. The van der Waals surface area contributed by atoms with Crippen molar-refractivity contribution in [1.82, 2.24) is 0 Å². The van der Waals surface area contributed by atoms with Crippen LogP contribution in [0.4, 0.5) is 13.2 Å².